The third-order valence-electron chi connectivity index (χ3n) is 1.69. The van der Waals surface area contributed by atoms with E-state index in [-0.39, 0.29) is 11.9 Å². The Hall–Kier alpha value is -1.63. The van der Waals surface area contributed by atoms with Gasteiger partial charge in [0.2, 0.25) is 0 Å². The maximum absolute atomic E-state index is 10.5. The first-order valence-corrected chi connectivity index (χ1v) is 4.61. The van der Waals surface area contributed by atoms with Gasteiger partial charge < -0.3 is 15.6 Å². The number of nitrogens with one attached hydrogen (secondary N) is 2. The summed E-state index contributed by atoms with van der Waals surface area (Å²) in [5.74, 6) is -1.25. The lowest BCUT2D eigenvalue weighted by atomic mass is 10.2. The van der Waals surface area contributed by atoms with Gasteiger partial charge in [-0.2, -0.15) is 0 Å². The Bertz CT molecular complexity index is 265. The van der Waals surface area contributed by atoms with Crippen molar-refractivity contribution in [3.8, 4) is 0 Å². The van der Waals surface area contributed by atoms with Gasteiger partial charge in [-0.05, 0) is 6.42 Å². The van der Waals surface area contributed by atoms with Crippen molar-refractivity contribution in [2.75, 3.05) is 6.54 Å². The SMILES string of the molecule is CC(=O)NC(N)=[NH+]CCC[C@H]([NH3+])C(=O)[O-]. The molecule has 0 radical (unpaired) electrons. The van der Waals surface area contributed by atoms with E-state index in [1.807, 2.05) is 0 Å². The van der Waals surface area contributed by atoms with Crippen molar-refractivity contribution < 1.29 is 25.4 Å². The van der Waals surface area contributed by atoms with Gasteiger partial charge in [-0.3, -0.25) is 15.5 Å². The quantitative estimate of drug-likeness (QED) is 0.207. The molecule has 0 unspecified atom stereocenters. The zero-order valence-electron chi connectivity index (χ0n) is 8.71. The molecule has 0 aromatic carbocycles. The van der Waals surface area contributed by atoms with Crippen LogP contribution >= 0.6 is 0 Å². The number of hydrogen-bond donors (Lipinski definition) is 4. The van der Waals surface area contributed by atoms with E-state index in [1.54, 1.807) is 0 Å². The highest BCUT2D eigenvalue weighted by atomic mass is 16.4. The summed E-state index contributed by atoms with van der Waals surface area (Å²) < 4.78 is 0. The van der Waals surface area contributed by atoms with Crippen molar-refractivity contribution in [2.45, 2.75) is 25.8 Å². The molecule has 0 rings (SSSR count). The lowest BCUT2D eigenvalue weighted by molar-refractivity contribution is -0.467. The van der Waals surface area contributed by atoms with Gasteiger partial charge in [-0.25, -0.2) is 5.32 Å². The molecule has 0 fully saturated rings. The Morgan fingerprint density at radius 1 is 1.60 bits per heavy atom. The number of carboxylic acid groups (broad SMARTS) is 1. The molecule has 0 spiro atoms. The van der Waals surface area contributed by atoms with Gasteiger partial charge in [0.1, 0.15) is 6.04 Å². The fourth-order valence-electron chi connectivity index (χ4n) is 0.923. The van der Waals surface area contributed by atoms with Crippen LogP contribution in [-0.4, -0.2) is 30.4 Å². The fourth-order valence-corrected chi connectivity index (χ4v) is 0.923. The largest absolute Gasteiger partial charge is 0.544 e. The molecule has 0 aliphatic carbocycles. The van der Waals surface area contributed by atoms with Gasteiger partial charge in [-0.1, -0.05) is 0 Å². The number of amides is 1. The molecule has 0 aliphatic rings. The van der Waals surface area contributed by atoms with E-state index in [0.717, 1.165) is 0 Å². The number of carbonyl (C=O) groups excluding carboxylic acids is 2. The molecule has 0 saturated heterocycles. The van der Waals surface area contributed by atoms with Gasteiger partial charge in [0.25, 0.3) is 5.91 Å². The minimum atomic E-state index is -1.16. The van der Waals surface area contributed by atoms with E-state index in [1.165, 1.54) is 6.92 Å². The summed E-state index contributed by atoms with van der Waals surface area (Å²) >= 11 is 0. The lowest BCUT2D eigenvalue weighted by Crippen LogP contribution is -2.79. The maximum atomic E-state index is 10.5. The molecule has 7 heteroatoms. The van der Waals surface area contributed by atoms with Gasteiger partial charge in [0.05, 0.1) is 12.5 Å². The number of nitrogens with two attached hydrogens (primary N) is 1. The summed E-state index contributed by atoms with van der Waals surface area (Å²) in [5, 5.41) is 12.6. The smallest absolute Gasteiger partial charge is 0.348 e. The highest BCUT2D eigenvalue weighted by molar-refractivity contribution is 5.92. The average Bonchev–Trinajstić information content (AvgIpc) is 2.10. The Morgan fingerprint density at radius 2 is 2.20 bits per heavy atom. The van der Waals surface area contributed by atoms with Crippen molar-refractivity contribution in [3.05, 3.63) is 0 Å². The van der Waals surface area contributed by atoms with Crippen LogP contribution < -0.4 is 26.9 Å². The standard InChI is InChI=1S/C8H16N4O3/c1-5(13)12-8(10)11-4-2-3-6(9)7(14)15/h6H,2-4,9H2,1H3,(H,14,15)(H3,10,11,12,13)/p+1/t6-/m0/s1. The van der Waals surface area contributed by atoms with E-state index >= 15 is 0 Å². The Balaban J connectivity index is 3.69. The predicted octanol–water partition coefficient (Wildman–Crippen LogP) is -5.34. The molecule has 0 aliphatic heterocycles. The molecule has 0 saturated carbocycles. The number of aliphatic carboxylic acids is 1. The first-order valence-electron chi connectivity index (χ1n) is 4.61. The van der Waals surface area contributed by atoms with Crippen molar-refractivity contribution in [1.82, 2.24) is 5.32 Å². The first kappa shape index (κ1) is 13.4. The number of carboxylic acids is 1. The zero-order chi connectivity index (χ0) is 11.8. The van der Waals surface area contributed by atoms with Crippen LogP contribution in [0.5, 0.6) is 0 Å². The molecular formula is C8H17N4O3+. The van der Waals surface area contributed by atoms with Crippen LogP contribution in [0.25, 0.3) is 0 Å². The Morgan fingerprint density at radius 3 is 2.67 bits per heavy atom. The van der Waals surface area contributed by atoms with E-state index in [9.17, 15) is 14.7 Å². The molecule has 86 valence electrons. The molecule has 1 amide bonds. The van der Waals surface area contributed by atoms with Crippen molar-refractivity contribution in [3.63, 3.8) is 0 Å². The number of rotatable bonds is 5. The molecule has 1 atom stereocenters. The van der Waals surface area contributed by atoms with E-state index in [2.05, 4.69) is 16.0 Å². The summed E-state index contributed by atoms with van der Waals surface area (Å²) in [6.45, 7) is 1.82. The summed E-state index contributed by atoms with van der Waals surface area (Å²) in [4.78, 5) is 23.6. The lowest BCUT2D eigenvalue weighted by Gasteiger charge is -2.07. The molecule has 0 heterocycles. The average molecular weight is 217 g/mol. The van der Waals surface area contributed by atoms with Crippen LogP contribution in [0.3, 0.4) is 0 Å². The monoisotopic (exact) mass is 217 g/mol. The third kappa shape index (κ3) is 7.44. The van der Waals surface area contributed by atoms with Crippen molar-refractivity contribution >= 4 is 17.8 Å². The van der Waals surface area contributed by atoms with Crippen LogP contribution in [0.2, 0.25) is 0 Å². The van der Waals surface area contributed by atoms with Crippen LogP contribution in [0, 0.1) is 0 Å². The number of quaternary nitrogens is 1. The highest BCUT2D eigenvalue weighted by Crippen LogP contribution is 1.87. The van der Waals surface area contributed by atoms with Gasteiger partial charge >= 0.3 is 5.96 Å². The Labute approximate surface area is 87.5 Å². The molecule has 15 heavy (non-hydrogen) atoms. The van der Waals surface area contributed by atoms with Crippen LogP contribution in [-0.2, 0) is 9.59 Å². The third-order valence-corrected chi connectivity index (χ3v) is 1.69. The minimum absolute atomic E-state index is 0.163. The minimum Gasteiger partial charge on any atom is -0.544 e. The van der Waals surface area contributed by atoms with Gasteiger partial charge in [-0.15, -0.1) is 0 Å². The van der Waals surface area contributed by atoms with Crippen LogP contribution in [0.1, 0.15) is 19.8 Å². The fraction of sp³-hybridized carbons (Fsp3) is 0.625. The molecule has 0 bridgehead atoms. The Kier molecular flexibility index (Phi) is 6.03. The topological polar surface area (TPSA) is 137 Å². The van der Waals surface area contributed by atoms with Crippen molar-refractivity contribution in [2.24, 2.45) is 5.73 Å². The number of carbonyl (C=O) groups is 2. The number of guanidine groups is 1. The summed E-state index contributed by atoms with van der Waals surface area (Å²) in [7, 11) is 0. The normalized spacial score (nSPS) is 13.3. The van der Waals surface area contributed by atoms with Gasteiger partial charge in [0.15, 0.2) is 0 Å². The first-order chi connectivity index (χ1) is 6.93. The summed E-state index contributed by atoms with van der Waals surface area (Å²) in [5.41, 5.74) is 8.79. The van der Waals surface area contributed by atoms with Gasteiger partial charge in [0, 0.05) is 13.3 Å². The van der Waals surface area contributed by atoms with Crippen molar-refractivity contribution in [1.29, 1.82) is 0 Å². The van der Waals surface area contributed by atoms with Crippen LogP contribution in [0.15, 0.2) is 0 Å². The second-order valence-corrected chi connectivity index (χ2v) is 3.18. The molecular weight excluding hydrogens is 200 g/mol. The predicted molar refractivity (Wildman–Crippen MR) is 49.8 cm³/mol. The second kappa shape index (κ2) is 6.77. The molecule has 7 N–H and O–H groups in total. The van der Waals surface area contributed by atoms with E-state index < -0.39 is 12.0 Å². The molecule has 7 nitrogen and oxygen atoms in total. The van der Waals surface area contributed by atoms with E-state index in [4.69, 9.17) is 5.73 Å². The molecule has 0 aromatic rings. The molecule has 0 aromatic heterocycles. The second-order valence-electron chi connectivity index (χ2n) is 3.18. The zero-order valence-corrected chi connectivity index (χ0v) is 8.71. The van der Waals surface area contributed by atoms with Crippen LogP contribution in [0.4, 0.5) is 0 Å². The summed E-state index contributed by atoms with van der Waals surface area (Å²) in [6.07, 6.45) is 0.991. The maximum Gasteiger partial charge on any atom is 0.348 e. The summed E-state index contributed by atoms with van der Waals surface area (Å²) in [6, 6.07) is -0.714. The highest BCUT2D eigenvalue weighted by Gasteiger charge is 2.06. The van der Waals surface area contributed by atoms with E-state index in [0.29, 0.717) is 19.4 Å². The number of hydrogen-bond acceptors (Lipinski definition) is 3.